The van der Waals surface area contributed by atoms with Crippen molar-refractivity contribution >= 4 is 34.5 Å². The van der Waals surface area contributed by atoms with Gasteiger partial charge in [-0.1, -0.05) is 36.0 Å². The number of fused-ring (bicyclic) bond motifs is 2. The van der Waals surface area contributed by atoms with Crippen LogP contribution < -0.4 is 4.90 Å². The standard InChI is InChI=1S/C18H12N2O2S/c21-20(22)14-11-9-13(10-12-14)19-15-5-1-3-7-17(15)23-18-8-4-2-6-16(18)19/h1-12H. The molecule has 0 fully saturated rings. The summed E-state index contributed by atoms with van der Waals surface area (Å²) in [5.41, 5.74) is 3.19. The molecule has 0 N–H and O–H groups in total. The van der Waals surface area contributed by atoms with E-state index in [1.807, 2.05) is 24.3 Å². The van der Waals surface area contributed by atoms with Crippen LogP contribution in [-0.4, -0.2) is 4.92 Å². The predicted molar refractivity (Wildman–Crippen MR) is 91.9 cm³/mol. The number of anilines is 3. The fourth-order valence-corrected chi connectivity index (χ4v) is 3.76. The van der Waals surface area contributed by atoms with Crippen molar-refractivity contribution in [3.63, 3.8) is 0 Å². The molecule has 1 aliphatic heterocycles. The maximum Gasteiger partial charge on any atom is 0.269 e. The number of nitro benzene ring substituents is 1. The predicted octanol–water partition coefficient (Wildman–Crippen LogP) is 5.53. The quantitative estimate of drug-likeness (QED) is 0.360. The van der Waals surface area contributed by atoms with E-state index in [4.69, 9.17) is 0 Å². The van der Waals surface area contributed by atoms with Gasteiger partial charge in [0.05, 0.1) is 16.3 Å². The topological polar surface area (TPSA) is 46.4 Å². The van der Waals surface area contributed by atoms with Crippen LogP contribution in [0.3, 0.4) is 0 Å². The van der Waals surface area contributed by atoms with Crippen molar-refractivity contribution in [2.45, 2.75) is 9.79 Å². The fraction of sp³-hybridized carbons (Fsp3) is 0. The number of hydrogen-bond acceptors (Lipinski definition) is 4. The molecule has 0 aromatic heterocycles. The Labute approximate surface area is 137 Å². The average Bonchev–Trinajstić information content (AvgIpc) is 2.59. The molecule has 3 aromatic carbocycles. The third-order valence-electron chi connectivity index (χ3n) is 3.75. The van der Waals surface area contributed by atoms with Gasteiger partial charge in [-0.2, -0.15) is 0 Å². The maximum atomic E-state index is 10.9. The van der Waals surface area contributed by atoms with Gasteiger partial charge in [0.15, 0.2) is 0 Å². The second-order valence-electron chi connectivity index (χ2n) is 5.15. The Morgan fingerprint density at radius 1 is 0.783 bits per heavy atom. The second-order valence-corrected chi connectivity index (χ2v) is 6.23. The SMILES string of the molecule is O=[N+]([O-])c1ccc(N2c3ccccc3Sc3ccccc32)cc1. The van der Waals surface area contributed by atoms with Crippen molar-refractivity contribution in [2.75, 3.05) is 4.90 Å². The van der Waals surface area contributed by atoms with Crippen molar-refractivity contribution in [1.29, 1.82) is 0 Å². The van der Waals surface area contributed by atoms with Gasteiger partial charge in [-0.15, -0.1) is 0 Å². The Morgan fingerprint density at radius 2 is 1.30 bits per heavy atom. The van der Waals surface area contributed by atoms with E-state index in [1.165, 1.54) is 9.79 Å². The first kappa shape index (κ1) is 13.8. The highest BCUT2D eigenvalue weighted by molar-refractivity contribution is 7.99. The zero-order chi connectivity index (χ0) is 15.8. The molecule has 0 aliphatic carbocycles. The lowest BCUT2D eigenvalue weighted by Gasteiger charge is -2.32. The smallest absolute Gasteiger partial charge is 0.269 e. The summed E-state index contributed by atoms with van der Waals surface area (Å²) in [6, 6.07) is 23.1. The molecular weight excluding hydrogens is 308 g/mol. The van der Waals surface area contributed by atoms with E-state index in [0.717, 1.165) is 17.1 Å². The highest BCUT2D eigenvalue weighted by atomic mass is 32.2. The molecule has 0 spiro atoms. The van der Waals surface area contributed by atoms with Gasteiger partial charge in [-0.05, 0) is 36.4 Å². The molecule has 0 saturated carbocycles. The highest BCUT2D eigenvalue weighted by Gasteiger charge is 2.24. The Morgan fingerprint density at radius 3 is 1.83 bits per heavy atom. The lowest BCUT2D eigenvalue weighted by atomic mass is 10.1. The number of rotatable bonds is 2. The van der Waals surface area contributed by atoms with Gasteiger partial charge in [-0.25, -0.2) is 0 Å². The zero-order valence-corrected chi connectivity index (χ0v) is 12.9. The van der Waals surface area contributed by atoms with Crippen molar-refractivity contribution < 1.29 is 4.92 Å². The number of benzene rings is 3. The summed E-state index contributed by atoms with van der Waals surface area (Å²) < 4.78 is 0. The molecule has 3 aromatic rings. The molecule has 4 nitrogen and oxygen atoms in total. The van der Waals surface area contributed by atoms with E-state index >= 15 is 0 Å². The number of nitrogens with zero attached hydrogens (tertiary/aromatic N) is 2. The minimum atomic E-state index is -0.377. The van der Waals surface area contributed by atoms with Gasteiger partial charge in [0, 0.05) is 27.6 Å². The van der Waals surface area contributed by atoms with E-state index in [2.05, 4.69) is 29.2 Å². The van der Waals surface area contributed by atoms with Crippen molar-refractivity contribution in [2.24, 2.45) is 0 Å². The molecule has 4 rings (SSSR count). The van der Waals surface area contributed by atoms with Gasteiger partial charge in [0.25, 0.3) is 5.69 Å². The summed E-state index contributed by atoms with van der Waals surface area (Å²) in [4.78, 5) is 15.0. The monoisotopic (exact) mass is 320 g/mol. The summed E-state index contributed by atoms with van der Waals surface area (Å²) in [5.74, 6) is 0. The molecule has 0 radical (unpaired) electrons. The maximum absolute atomic E-state index is 10.9. The molecule has 0 bridgehead atoms. The first-order valence-electron chi connectivity index (χ1n) is 7.14. The molecular formula is C18H12N2O2S. The van der Waals surface area contributed by atoms with E-state index in [0.29, 0.717) is 0 Å². The van der Waals surface area contributed by atoms with Crippen LogP contribution in [0.4, 0.5) is 22.7 Å². The minimum absolute atomic E-state index is 0.0988. The van der Waals surface area contributed by atoms with Crippen molar-refractivity contribution in [1.82, 2.24) is 0 Å². The van der Waals surface area contributed by atoms with Crippen LogP contribution in [-0.2, 0) is 0 Å². The summed E-state index contributed by atoms with van der Waals surface area (Å²) in [5, 5.41) is 10.9. The first-order valence-corrected chi connectivity index (χ1v) is 7.96. The highest BCUT2D eigenvalue weighted by Crippen LogP contribution is 2.51. The third kappa shape index (κ3) is 2.35. The molecule has 5 heteroatoms. The van der Waals surface area contributed by atoms with Crippen LogP contribution in [0.25, 0.3) is 0 Å². The largest absolute Gasteiger partial charge is 0.308 e. The lowest BCUT2D eigenvalue weighted by molar-refractivity contribution is -0.384. The van der Waals surface area contributed by atoms with E-state index in [-0.39, 0.29) is 10.6 Å². The van der Waals surface area contributed by atoms with Crippen LogP contribution in [0.5, 0.6) is 0 Å². The van der Waals surface area contributed by atoms with Crippen LogP contribution >= 0.6 is 11.8 Å². The van der Waals surface area contributed by atoms with E-state index in [9.17, 15) is 10.1 Å². The van der Waals surface area contributed by atoms with Crippen molar-refractivity contribution in [3.05, 3.63) is 82.9 Å². The summed E-state index contributed by atoms with van der Waals surface area (Å²) in [7, 11) is 0. The Hall–Kier alpha value is -2.79. The number of para-hydroxylation sites is 2. The average molecular weight is 320 g/mol. The molecule has 112 valence electrons. The zero-order valence-electron chi connectivity index (χ0n) is 12.0. The molecule has 0 amide bonds. The summed E-state index contributed by atoms with van der Waals surface area (Å²) in [6.45, 7) is 0. The Kier molecular flexibility index (Phi) is 3.28. The normalized spacial score (nSPS) is 12.4. The van der Waals surface area contributed by atoms with Crippen LogP contribution in [0.2, 0.25) is 0 Å². The van der Waals surface area contributed by atoms with Crippen LogP contribution in [0.1, 0.15) is 0 Å². The van der Waals surface area contributed by atoms with Gasteiger partial charge in [-0.3, -0.25) is 10.1 Å². The van der Waals surface area contributed by atoms with Crippen LogP contribution in [0, 0.1) is 10.1 Å². The summed E-state index contributed by atoms with van der Waals surface area (Å²) in [6.07, 6.45) is 0. The molecule has 1 aliphatic rings. The van der Waals surface area contributed by atoms with E-state index < -0.39 is 0 Å². The second kappa shape index (κ2) is 5.44. The number of hydrogen-bond donors (Lipinski definition) is 0. The lowest BCUT2D eigenvalue weighted by Crippen LogP contribution is -2.14. The number of non-ortho nitro benzene ring substituents is 1. The minimum Gasteiger partial charge on any atom is -0.308 e. The van der Waals surface area contributed by atoms with Crippen molar-refractivity contribution in [3.8, 4) is 0 Å². The Balaban J connectivity index is 1.89. The van der Waals surface area contributed by atoms with Gasteiger partial charge < -0.3 is 4.90 Å². The van der Waals surface area contributed by atoms with Gasteiger partial charge >= 0.3 is 0 Å². The van der Waals surface area contributed by atoms with Gasteiger partial charge in [0.1, 0.15) is 0 Å². The first-order chi connectivity index (χ1) is 11.2. The Bertz CT molecular complexity index is 848. The fourth-order valence-electron chi connectivity index (χ4n) is 2.71. The number of nitro groups is 1. The van der Waals surface area contributed by atoms with E-state index in [1.54, 1.807) is 36.0 Å². The molecule has 1 heterocycles. The molecule has 0 atom stereocenters. The molecule has 23 heavy (non-hydrogen) atoms. The van der Waals surface area contributed by atoms with Gasteiger partial charge in [0.2, 0.25) is 0 Å². The third-order valence-corrected chi connectivity index (χ3v) is 4.88. The molecule has 0 unspecified atom stereocenters. The summed E-state index contributed by atoms with van der Waals surface area (Å²) >= 11 is 1.74. The van der Waals surface area contributed by atoms with Crippen LogP contribution in [0.15, 0.2) is 82.6 Å². The molecule has 0 saturated heterocycles.